The highest BCUT2D eigenvalue weighted by atomic mass is 16.3. The normalized spacial score (nSPS) is 20.0. The van der Waals surface area contributed by atoms with E-state index in [0.717, 1.165) is 30.7 Å². The van der Waals surface area contributed by atoms with Gasteiger partial charge >= 0.3 is 0 Å². The number of anilines is 1. The zero-order valence-corrected chi connectivity index (χ0v) is 15.0. The molecular formula is C19H23N5O2. The molecule has 0 amide bonds. The first-order valence-corrected chi connectivity index (χ1v) is 8.97. The zero-order chi connectivity index (χ0) is 18.3. The third-order valence-corrected chi connectivity index (χ3v) is 5.15. The summed E-state index contributed by atoms with van der Waals surface area (Å²) in [7, 11) is 1.68. The van der Waals surface area contributed by atoms with Gasteiger partial charge in [0.2, 0.25) is 5.95 Å². The molecule has 2 aromatic heterocycles. The maximum Gasteiger partial charge on any atom is 0.282 e. The predicted molar refractivity (Wildman–Crippen MR) is 100 cm³/mol. The van der Waals surface area contributed by atoms with Gasteiger partial charge in [-0.15, -0.1) is 0 Å². The van der Waals surface area contributed by atoms with Crippen LogP contribution < -0.4 is 10.9 Å². The summed E-state index contributed by atoms with van der Waals surface area (Å²) in [4.78, 5) is 21.9. The predicted octanol–water partition coefficient (Wildman–Crippen LogP) is 1.81. The molecule has 0 radical (unpaired) electrons. The quantitative estimate of drug-likeness (QED) is 0.747. The number of rotatable bonds is 4. The molecule has 7 nitrogen and oxygen atoms in total. The van der Waals surface area contributed by atoms with Crippen molar-refractivity contribution >= 4 is 17.1 Å². The molecule has 1 aromatic carbocycles. The number of hydrogen-bond donors (Lipinski definition) is 2. The van der Waals surface area contributed by atoms with Crippen LogP contribution in [0.15, 0.2) is 35.1 Å². The van der Waals surface area contributed by atoms with E-state index < -0.39 is 6.10 Å². The lowest BCUT2D eigenvalue weighted by Gasteiger charge is -2.19. The third kappa shape index (κ3) is 2.88. The van der Waals surface area contributed by atoms with Crippen LogP contribution in [-0.4, -0.2) is 36.4 Å². The number of imidazole rings is 1. The van der Waals surface area contributed by atoms with Crippen LogP contribution in [0.4, 0.5) is 5.95 Å². The van der Waals surface area contributed by atoms with Crippen LogP contribution in [0.1, 0.15) is 30.7 Å². The van der Waals surface area contributed by atoms with Gasteiger partial charge in [-0.2, -0.15) is 4.98 Å². The van der Waals surface area contributed by atoms with Crippen LogP contribution in [0.25, 0.3) is 11.2 Å². The standard InChI is InChI=1S/C19H23N5O2/c1-12-20-16-17(24(12)11-13-7-4-3-5-8-13)22-19(23(2)18(16)26)21-14-9-6-10-15(14)25/h3-5,7-8,14-15,25H,6,9-11H2,1-2H3,(H,21,22)/t14-,15-/m1/s1. The Morgan fingerprint density at radius 2 is 2.00 bits per heavy atom. The second-order valence-corrected chi connectivity index (χ2v) is 6.95. The Morgan fingerprint density at radius 1 is 1.23 bits per heavy atom. The SMILES string of the molecule is Cc1nc2c(=O)n(C)c(N[C@@H]3CCC[C@H]3O)nc2n1Cc1ccccc1. The van der Waals surface area contributed by atoms with Gasteiger partial charge in [-0.05, 0) is 31.7 Å². The van der Waals surface area contributed by atoms with Gasteiger partial charge in [0.15, 0.2) is 11.2 Å². The molecule has 3 aromatic rings. The summed E-state index contributed by atoms with van der Waals surface area (Å²) in [6.45, 7) is 2.49. The summed E-state index contributed by atoms with van der Waals surface area (Å²) in [5.41, 5.74) is 1.89. The molecule has 7 heteroatoms. The van der Waals surface area contributed by atoms with Crippen LogP contribution in [0.3, 0.4) is 0 Å². The second-order valence-electron chi connectivity index (χ2n) is 6.95. The van der Waals surface area contributed by atoms with Gasteiger partial charge < -0.3 is 15.0 Å². The minimum absolute atomic E-state index is 0.0721. The minimum Gasteiger partial charge on any atom is -0.391 e. The van der Waals surface area contributed by atoms with Crippen molar-refractivity contribution in [1.29, 1.82) is 0 Å². The first-order valence-electron chi connectivity index (χ1n) is 8.97. The fraction of sp³-hybridized carbons (Fsp3) is 0.421. The lowest BCUT2D eigenvalue weighted by atomic mass is 10.2. The molecule has 0 bridgehead atoms. The van der Waals surface area contributed by atoms with Crippen molar-refractivity contribution < 1.29 is 5.11 Å². The third-order valence-electron chi connectivity index (χ3n) is 5.15. The van der Waals surface area contributed by atoms with Crippen LogP contribution in [0.2, 0.25) is 0 Å². The summed E-state index contributed by atoms with van der Waals surface area (Å²) >= 11 is 0. The van der Waals surface area contributed by atoms with Gasteiger partial charge in [0.05, 0.1) is 18.7 Å². The molecule has 4 rings (SSSR count). The van der Waals surface area contributed by atoms with E-state index in [4.69, 9.17) is 4.98 Å². The number of fused-ring (bicyclic) bond motifs is 1. The summed E-state index contributed by atoms with van der Waals surface area (Å²) in [5.74, 6) is 1.23. The van der Waals surface area contributed by atoms with Crippen LogP contribution in [0.5, 0.6) is 0 Å². The molecule has 2 atom stereocenters. The average molecular weight is 353 g/mol. The Morgan fingerprint density at radius 3 is 2.69 bits per heavy atom. The molecule has 136 valence electrons. The summed E-state index contributed by atoms with van der Waals surface area (Å²) in [5, 5.41) is 13.3. The second kappa shape index (κ2) is 6.57. The maximum atomic E-state index is 12.8. The lowest BCUT2D eigenvalue weighted by Crippen LogP contribution is -2.32. The van der Waals surface area contributed by atoms with Gasteiger partial charge in [0.25, 0.3) is 5.56 Å². The van der Waals surface area contributed by atoms with Gasteiger partial charge in [0, 0.05) is 7.05 Å². The van der Waals surface area contributed by atoms with E-state index in [1.807, 2.05) is 41.8 Å². The number of aryl methyl sites for hydroxylation is 1. The number of hydrogen-bond acceptors (Lipinski definition) is 5. The number of nitrogens with zero attached hydrogens (tertiary/aromatic N) is 4. The van der Waals surface area contributed by atoms with Crippen molar-refractivity contribution in [2.24, 2.45) is 7.05 Å². The van der Waals surface area contributed by atoms with Gasteiger partial charge in [-0.25, -0.2) is 4.98 Å². The molecule has 0 aliphatic heterocycles. The van der Waals surface area contributed by atoms with E-state index in [1.54, 1.807) is 7.05 Å². The molecule has 26 heavy (non-hydrogen) atoms. The van der Waals surface area contributed by atoms with Crippen LogP contribution >= 0.6 is 0 Å². The van der Waals surface area contributed by atoms with E-state index in [-0.39, 0.29) is 11.6 Å². The smallest absolute Gasteiger partial charge is 0.282 e. The van der Waals surface area contributed by atoms with Crippen molar-refractivity contribution in [3.8, 4) is 0 Å². The largest absolute Gasteiger partial charge is 0.391 e. The van der Waals surface area contributed by atoms with Crippen molar-refractivity contribution in [2.75, 3.05) is 5.32 Å². The molecule has 1 aliphatic carbocycles. The van der Waals surface area contributed by atoms with Crippen molar-refractivity contribution in [2.45, 2.75) is 44.9 Å². The molecule has 2 N–H and O–H groups in total. The van der Waals surface area contributed by atoms with E-state index >= 15 is 0 Å². The fourth-order valence-corrected chi connectivity index (χ4v) is 3.60. The first-order chi connectivity index (χ1) is 12.5. The monoisotopic (exact) mass is 353 g/mol. The molecule has 2 heterocycles. The molecule has 0 unspecified atom stereocenters. The first kappa shape index (κ1) is 16.8. The number of benzene rings is 1. The molecule has 0 saturated heterocycles. The summed E-state index contributed by atoms with van der Waals surface area (Å²) in [6, 6.07) is 9.97. The Hall–Kier alpha value is -2.67. The number of aliphatic hydroxyl groups excluding tert-OH is 1. The molecule has 1 fully saturated rings. The highest BCUT2D eigenvalue weighted by Gasteiger charge is 2.27. The number of nitrogens with one attached hydrogen (secondary N) is 1. The maximum absolute atomic E-state index is 12.8. The molecule has 1 aliphatic rings. The minimum atomic E-state index is -0.404. The number of aromatic nitrogens is 4. The topological polar surface area (TPSA) is 85.0 Å². The van der Waals surface area contributed by atoms with Crippen molar-refractivity contribution in [1.82, 2.24) is 19.1 Å². The Balaban J connectivity index is 1.78. The fourth-order valence-electron chi connectivity index (χ4n) is 3.60. The zero-order valence-electron chi connectivity index (χ0n) is 15.0. The van der Waals surface area contributed by atoms with Crippen LogP contribution in [-0.2, 0) is 13.6 Å². The Bertz CT molecular complexity index is 993. The Kier molecular flexibility index (Phi) is 4.24. The van der Waals surface area contributed by atoms with Gasteiger partial charge in [-0.3, -0.25) is 9.36 Å². The van der Waals surface area contributed by atoms with Crippen molar-refractivity contribution in [3.63, 3.8) is 0 Å². The molecule has 0 spiro atoms. The number of aliphatic hydroxyl groups is 1. The average Bonchev–Trinajstić information content (AvgIpc) is 3.18. The lowest BCUT2D eigenvalue weighted by molar-refractivity contribution is 0.171. The summed E-state index contributed by atoms with van der Waals surface area (Å²) < 4.78 is 3.44. The van der Waals surface area contributed by atoms with Crippen LogP contribution in [0, 0.1) is 6.92 Å². The van der Waals surface area contributed by atoms with Gasteiger partial charge in [-0.1, -0.05) is 30.3 Å². The molecule has 1 saturated carbocycles. The van der Waals surface area contributed by atoms with Gasteiger partial charge in [0.1, 0.15) is 5.82 Å². The van der Waals surface area contributed by atoms with E-state index in [1.165, 1.54) is 4.57 Å². The summed E-state index contributed by atoms with van der Waals surface area (Å²) in [6.07, 6.45) is 2.22. The van der Waals surface area contributed by atoms with E-state index in [0.29, 0.717) is 23.7 Å². The Labute approximate surface area is 151 Å². The molecular weight excluding hydrogens is 330 g/mol. The van der Waals surface area contributed by atoms with Crippen molar-refractivity contribution in [3.05, 3.63) is 52.1 Å². The van der Waals surface area contributed by atoms with E-state index in [9.17, 15) is 9.90 Å². The highest BCUT2D eigenvalue weighted by Crippen LogP contribution is 2.23. The highest BCUT2D eigenvalue weighted by molar-refractivity contribution is 5.72. The van der Waals surface area contributed by atoms with E-state index in [2.05, 4.69) is 10.3 Å².